The summed E-state index contributed by atoms with van der Waals surface area (Å²) < 4.78 is 0. The number of hydrogen-bond donors (Lipinski definition) is 1. The minimum absolute atomic E-state index is 0.581. The molecule has 0 amide bonds. The molecule has 2 heteroatoms. The van der Waals surface area contributed by atoms with Gasteiger partial charge in [0.05, 0.1) is 0 Å². The molecule has 0 spiro atoms. The summed E-state index contributed by atoms with van der Waals surface area (Å²) in [6.07, 6.45) is 0. The van der Waals surface area contributed by atoms with Crippen LogP contribution in [0.15, 0.2) is 30.3 Å². The average Bonchev–Trinajstić information content (AvgIpc) is 2.42. The number of nitrogens with one attached hydrogen (secondary N) is 1. The fraction of sp³-hybridized carbons (Fsp3) is 0.538. The van der Waals surface area contributed by atoms with Gasteiger partial charge in [0, 0.05) is 24.8 Å². The lowest BCUT2D eigenvalue weighted by atomic mass is 10.1. The zero-order valence-corrected chi connectivity index (χ0v) is 9.61. The van der Waals surface area contributed by atoms with Crippen LogP contribution in [0.1, 0.15) is 13.8 Å². The van der Waals surface area contributed by atoms with Gasteiger partial charge in [0.2, 0.25) is 0 Å². The summed E-state index contributed by atoms with van der Waals surface area (Å²) in [6.45, 7) is 7.96. The number of nitrogens with zero attached hydrogens (tertiary/aromatic N) is 1. The van der Waals surface area contributed by atoms with Crippen LogP contribution in [0.2, 0.25) is 0 Å². The van der Waals surface area contributed by atoms with Gasteiger partial charge in [-0.15, -0.1) is 0 Å². The van der Waals surface area contributed by atoms with Gasteiger partial charge in [-0.3, -0.25) is 0 Å². The predicted molar refractivity (Wildman–Crippen MR) is 65.3 cm³/mol. The molecule has 82 valence electrons. The topological polar surface area (TPSA) is 15.3 Å². The molecule has 1 fully saturated rings. The second-order valence-corrected chi connectivity index (χ2v) is 4.60. The third-order valence-corrected chi connectivity index (χ3v) is 3.06. The lowest BCUT2D eigenvalue weighted by Crippen LogP contribution is -2.37. The molecule has 1 aromatic rings. The first kappa shape index (κ1) is 10.5. The number of rotatable bonds is 1. The highest BCUT2D eigenvalue weighted by Crippen LogP contribution is 2.19. The van der Waals surface area contributed by atoms with Gasteiger partial charge in [-0.05, 0) is 31.5 Å². The quantitative estimate of drug-likeness (QED) is 0.754. The van der Waals surface area contributed by atoms with Gasteiger partial charge in [0.25, 0.3) is 0 Å². The van der Waals surface area contributed by atoms with Crippen molar-refractivity contribution in [3.8, 4) is 0 Å². The SMILES string of the molecule is CC1CNCC(C)N(c2ccccc2)C1. The van der Waals surface area contributed by atoms with Gasteiger partial charge in [-0.25, -0.2) is 0 Å². The van der Waals surface area contributed by atoms with E-state index in [1.165, 1.54) is 5.69 Å². The Labute approximate surface area is 92.3 Å². The van der Waals surface area contributed by atoms with Crippen molar-refractivity contribution in [2.24, 2.45) is 5.92 Å². The Bertz CT molecular complexity index is 297. The van der Waals surface area contributed by atoms with E-state index in [2.05, 4.69) is 54.4 Å². The molecule has 2 atom stereocenters. The number of anilines is 1. The monoisotopic (exact) mass is 204 g/mol. The van der Waals surface area contributed by atoms with Crippen LogP contribution in [0.5, 0.6) is 0 Å². The Morgan fingerprint density at radius 3 is 2.60 bits per heavy atom. The van der Waals surface area contributed by atoms with Crippen LogP contribution >= 0.6 is 0 Å². The molecule has 1 aliphatic rings. The van der Waals surface area contributed by atoms with E-state index in [4.69, 9.17) is 0 Å². The molecule has 2 nitrogen and oxygen atoms in total. The van der Waals surface area contributed by atoms with Gasteiger partial charge >= 0.3 is 0 Å². The molecule has 0 saturated carbocycles. The van der Waals surface area contributed by atoms with E-state index in [-0.39, 0.29) is 0 Å². The number of hydrogen-bond acceptors (Lipinski definition) is 2. The molecule has 1 saturated heterocycles. The Morgan fingerprint density at radius 2 is 1.87 bits per heavy atom. The normalized spacial score (nSPS) is 27.5. The zero-order chi connectivity index (χ0) is 10.7. The molecule has 0 aromatic heterocycles. The van der Waals surface area contributed by atoms with Gasteiger partial charge in [0.1, 0.15) is 0 Å². The van der Waals surface area contributed by atoms with Crippen molar-refractivity contribution in [1.82, 2.24) is 5.32 Å². The molecule has 0 radical (unpaired) electrons. The third-order valence-electron chi connectivity index (χ3n) is 3.06. The summed E-state index contributed by atoms with van der Waals surface area (Å²) in [7, 11) is 0. The maximum Gasteiger partial charge on any atom is 0.0386 e. The molecule has 15 heavy (non-hydrogen) atoms. The molecular formula is C13H20N2. The van der Waals surface area contributed by atoms with Crippen LogP contribution in [0, 0.1) is 5.92 Å². The third kappa shape index (κ3) is 2.51. The summed E-state index contributed by atoms with van der Waals surface area (Å²) in [6, 6.07) is 11.3. The Kier molecular flexibility index (Phi) is 3.27. The van der Waals surface area contributed by atoms with Gasteiger partial charge in [-0.1, -0.05) is 25.1 Å². The highest BCUT2D eigenvalue weighted by Gasteiger charge is 2.20. The van der Waals surface area contributed by atoms with E-state index >= 15 is 0 Å². The highest BCUT2D eigenvalue weighted by molar-refractivity contribution is 5.47. The zero-order valence-electron chi connectivity index (χ0n) is 9.61. The van der Waals surface area contributed by atoms with E-state index in [0.717, 1.165) is 25.6 Å². The van der Waals surface area contributed by atoms with E-state index in [0.29, 0.717) is 6.04 Å². The van der Waals surface area contributed by atoms with Crippen LogP contribution in [0.4, 0.5) is 5.69 Å². The summed E-state index contributed by atoms with van der Waals surface area (Å²) in [5, 5.41) is 3.50. The van der Waals surface area contributed by atoms with Crippen LogP contribution in [-0.2, 0) is 0 Å². The largest absolute Gasteiger partial charge is 0.367 e. The first-order chi connectivity index (χ1) is 7.27. The Balaban J connectivity index is 2.18. The van der Waals surface area contributed by atoms with Crippen molar-refractivity contribution >= 4 is 5.69 Å². The molecule has 0 aliphatic carbocycles. The molecule has 1 N–H and O–H groups in total. The minimum atomic E-state index is 0.581. The molecule has 1 aliphatic heterocycles. The summed E-state index contributed by atoms with van der Waals surface area (Å²) >= 11 is 0. The molecule has 2 unspecified atom stereocenters. The minimum Gasteiger partial charge on any atom is -0.367 e. The van der Waals surface area contributed by atoms with E-state index in [1.54, 1.807) is 0 Å². The van der Waals surface area contributed by atoms with Crippen LogP contribution in [0.25, 0.3) is 0 Å². The molecule has 1 aromatic carbocycles. The first-order valence-corrected chi connectivity index (χ1v) is 5.80. The van der Waals surface area contributed by atoms with Gasteiger partial charge < -0.3 is 10.2 Å². The maximum atomic E-state index is 3.50. The van der Waals surface area contributed by atoms with E-state index in [1.807, 2.05) is 0 Å². The van der Waals surface area contributed by atoms with Gasteiger partial charge in [0.15, 0.2) is 0 Å². The Morgan fingerprint density at radius 1 is 1.13 bits per heavy atom. The standard InChI is InChI=1S/C13H20N2/c1-11-8-14-9-12(2)15(10-11)13-6-4-3-5-7-13/h3-7,11-12,14H,8-10H2,1-2H3. The Hall–Kier alpha value is -1.02. The molecular weight excluding hydrogens is 184 g/mol. The average molecular weight is 204 g/mol. The van der Waals surface area contributed by atoms with E-state index in [9.17, 15) is 0 Å². The van der Waals surface area contributed by atoms with Crippen molar-refractivity contribution in [3.63, 3.8) is 0 Å². The molecule has 0 bridgehead atoms. The second kappa shape index (κ2) is 4.67. The first-order valence-electron chi connectivity index (χ1n) is 5.80. The van der Waals surface area contributed by atoms with Gasteiger partial charge in [-0.2, -0.15) is 0 Å². The smallest absolute Gasteiger partial charge is 0.0386 e. The fourth-order valence-electron chi connectivity index (χ4n) is 2.21. The van der Waals surface area contributed by atoms with Crippen molar-refractivity contribution in [2.45, 2.75) is 19.9 Å². The summed E-state index contributed by atoms with van der Waals surface area (Å²) in [5.41, 5.74) is 1.35. The van der Waals surface area contributed by atoms with Crippen LogP contribution in [0.3, 0.4) is 0 Å². The molecule has 1 heterocycles. The summed E-state index contributed by atoms with van der Waals surface area (Å²) in [4.78, 5) is 2.50. The predicted octanol–water partition coefficient (Wildman–Crippen LogP) is 2.12. The number of benzene rings is 1. The van der Waals surface area contributed by atoms with E-state index < -0.39 is 0 Å². The van der Waals surface area contributed by atoms with Crippen molar-refractivity contribution in [3.05, 3.63) is 30.3 Å². The van der Waals surface area contributed by atoms with Crippen molar-refractivity contribution in [2.75, 3.05) is 24.5 Å². The fourth-order valence-corrected chi connectivity index (χ4v) is 2.21. The van der Waals surface area contributed by atoms with Crippen LogP contribution < -0.4 is 10.2 Å². The second-order valence-electron chi connectivity index (χ2n) is 4.60. The lowest BCUT2D eigenvalue weighted by Gasteiger charge is -2.30. The van der Waals surface area contributed by atoms with Crippen LogP contribution in [-0.4, -0.2) is 25.7 Å². The maximum absolute atomic E-state index is 3.50. The van der Waals surface area contributed by atoms with Crippen molar-refractivity contribution in [1.29, 1.82) is 0 Å². The summed E-state index contributed by atoms with van der Waals surface area (Å²) in [5.74, 6) is 0.718. The van der Waals surface area contributed by atoms with Crippen molar-refractivity contribution < 1.29 is 0 Å². The molecule has 2 rings (SSSR count). The highest BCUT2D eigenvalue weighted by atomic mass is 15.2. The lowest BCUT2D eigenvalue weighted by molar-refractivity contribution is 0.564. The number of para-hydroxylation sites is 1.